The van der Waals surface area contributed by atoms with Crippen LogP contribution in [0.25, 0.3) is 0 Å². The number of hydrogen-bond donors (Lipinski definition) is 1. The lowest BCUT2D eigenvalue weighted by molar-refractivity contribution is 0.454. The fourth-order valence-corrected chi connectivity index (χ4v) is 1.66. The average Bonchev–Trinajstić information content (AvgIpc) is 2.41. The first kappa shape index (κ1) is 12.5. The van der Waals surface area contributed by atoms with E-state index in [4.69, 9.17) is 10.5 Å². The van der Waals surface area contributed by atoms with Crippen LogP contribution in [0.3, 0.4) is 0 Å². The summed E-state index contributed by atoms with van der Waals surface area (Å²) < 4.78 is 5.76. The molecule has 2 aromatic rings. The van der Waals surface area contributed by atoms with Gasteiger partial charge in [0.15, 0.2) is 5.75 Å². The van der Waals surface area contributed by atoms with Crippen LogP contribution in [0.15, 0.2) is 30.5 Å². The quantitative estimate of drug-likeness (QED) is 0.896. The Balaban J connectivity index is 2.31. The van der Waals surface area contributed by atoms with E-state index in [1.54, 1.807) is 6.20 Å². The normalized spacial score (nSPS) is 10.4. The SMILES string of the molecule is CCc1cc(CN)cc(Oc2cccnc2C)n1. The molecule has 0 fully saturated rings. The van der Waals surface area contributed by atoms with Crippen LogP contribution in [-0.2, 0) is 13.0 Å². The molecule has 0 unspecified atom stereocenters. The Morgan fingerprint density at radius 1 is 1.33 bits per heavy atom. The van der Waals surface area contributed by atoms with E-state index in [0.717, 1.165) is 29.1 Å². The van der Waals surface area contributed by atoms with Gasteiger partial charge in [-0.1, -0.05) is 6.92 Å². The second-order valence-electron chi connectivity index (χ2n) is 4.05. The predicted octanol–water partition coefficient (Wildman–Crippen LogP) is 2.60. The van der Waals surface area contributed by atoms with Crippen molar-refractivity contribution in [1.82, 2.24) is 9.97 Å². The molecule has 4 heteroatoms. The van der Waals surface area contributed by atoms with Gasteiger partial charge in [-0.3, -0.25) is 4.98 Å². The summed E-state index contributed by atoms with van der Waals surface area (Å²) in [6, 6.07) is 7.59. The van der Waals surface area contributed by atoms with E-state index < -0.39 is 0 Å². The molecule has 2 N–H and O–H groups in total. The van der Waals surface area contributed by atoms with E-state index in [-0.39, 0.29) is 0 Å². The predicted molar refractivity (Wildman–Crippen MR) is 70.6 cm³/mol. The lowest BCUT2D eigenvalue weighted by atomic mass is 10.2. The van der Waals surface area contributed by atoms with Crippen LogP contribution in [0, 0.1) is 6.92 Å². The molecule has 0 atom stereocenters. The van der Waals surface area contributed by atoms with Crippen LogP contribution in [0.5, 0.6) is 11.6 Å². The average molecular weight is 243 g/mol. The van der Waals surface area contributed by atoms with Crippen LogP contribution in [0.1, 0.15) is 23.9 Å². The summed E-state index contributed by atoms with van der Waals surface area (Å²) in [4.78, 5) is 8.61. The van der Waals surface area contributed by atoms with Gasteiger partial charge >= 0.3 is 0 Å². The Kier molecular flexibility index (Phi) is 3.89. The summed E-state index contributed by atoms with van der Waals surface area (Å²) in [5.74, 6) is 1.30. The van der Waals surface area contributed by atoms with Gasteiger partial charge in [-0.25, -0.2) is 4.98 Å². The first-order chi connectivity index (χ1) is 8.72. The highest BCUT2D eigenvalue weighted by molar-refractivity contribution is 5.32. The van der Waals surface area contributed by atoms with E-state index in [0.29, 0.717) is 12.4 Å². The first-order valence-electron chi connectivity index (χ1n) is 6.02. The molecule has 4 nitrogen and oxygen atoms in total. The topological polar surface area (TPSA) is 61.0 Å². The minimum atomic E-state index is 0.484. The van der Waals surface area contributed by atoms with Crippen LogP contribution in [0.2, 0.25) is 0 Å². The molecule has 0 aliphatic carbocycles. The zero-order chi connectivity index (χ0) is 13.0. The molecule has 18 heavy (non-hydrogen) atoms. The molecule has 0 amide bonds. The summed E-state index contributed by atoms with van der Waals surface area (Å²) in [6.45, 7) is 4.45. The Bertz CT molecular complexity index is 518. The van der Waals surface area contributed by atoms with E-state index in [2.05, 4.69) is 16.9 Å². The molecule has 0 saturated carbocycles. The van der Waals surface area contributed by atoms with Gasteiger partial charge in [-0.15, -0.1) is 0 Å². The van der Waals surface area contributed by atoms with Gasteiger partial charge in [0, 0.05) is 24.5 Å². The third-order valence-corrected chi connectivity index (χ3v) is 2.69. The fraction of sp³-hybridized carbons (Fsp3) is 0.286. The van der Waals surface area contributed by atoms with Gasteiger partial charge in [-0.2, -0.15) is 0 Å². The second kappa shape index (κ2) is 5.60. The van der Waals surface area contributed by atoms with Gasteiger partial charge in [0.1, 0.15) is 0 Å². The minimum absolute atomic E-state index is 0.484. The molecule has 0 aliphatic heterocycles. The van der Waals surface area contributed by atoms with Crippen LogP contribution in [-0.4, -0.2) is 9.97 Å². The molecule has 2 heterocycles. The number of ether oxygens (including phenoxy) is 1. The highest BCUT2D eigenvalue weighted by Gasteiger charge is 2.05. The molecular formula is C14H17N3O. The van der Waals surface area contributed by atoms with Crippen LogP contribution >= 0.6 is 0 Å². The molecule has 0 bridgehead atoms. The Morgan fingerprint density at radius 2 is 2.17 bits per heavy atom. The number of pyridine rings is 2. The third-order valence-electron chi connectivity index (χ3n) is 2.69. The fourth-order valence-electron chi connectivity index (χ4n) is 1.66. The number of rotatable bonds is 4. The van der Waals surface area contributed by atoms with Crippen molar-refractivity contribution >= 4 is 0 Å². The Hall–Kier alpha value is -1.94. The van der Waals surface area contributed by atoms with Crippen molar-refractivity contribution in [2.24, 2.45) is 5.73 Å². The molecule has 2 aromatic heterocycles. The number of nitrogens with zero attached hydrogens (tertiary/aromatic N) is 2. The van der Waals surface area contributed by atoms with Crippen molar-refractivity contribution < 1.29 is 4.74 Å². The molecule has 0 saturated heterocycles. The zero-order valence-electron chi connectivity index (χ0n) is 10.7. The van der Waals surface area contributed by atoms with Crippen molar-refractivity contribution in [3.05, 3.63) is 47.4 Å². The monoisotopic (exact) mass is 243 g/mol. The number of aryl methyl sites for hydroxylation is 2. The maximum absolute atomic E-state index is 5.76. The van der Waals surface area contributed by atoms with Gasteiger partial charge in [-0.05, 0) is 37.1 Å². The van der Waals surface area contributed by atoms with Gasteiger partial charge in [0.05, 0.1) is 5.69 Å². The molecule has 0 radical (unpaired) electrons. The number of aromatic nitrogens is 2. The Morgan fingerprint density at radius 3 is 2.83 bits per heavy atom. The maximum Gasteiger partial charge on any atom is 0.219 e. The lowest BCUT2D eigenvalue weighted by Gasteiger charge is -2.09. The van der Waals surface area contributed by atoms with Crippen molar-refractivity contribution in [3.63, 3.8) is 0 Å². The molecule has 0 aliphatic rings. The van der Waals surface area contributed by atoms with E-state index in [9.17, 15) is 0 Å². The van der Waals surface area contributed by atoms with E-state index >= 15 is 0 Å². The van der Waals surface area contributed by atoms with Crippen molar-refractivity contribution in [2.45, 2.75) is 26.8 Å². The number of hydrogen-bond acceptors (Lipinski definition) is 4. The third kappa shape index (κ3) is 2.84. The van der Waals surface area contributed by atoms with Gasteiger partial charge in [0.25, 0.3) is 0 Å². The molecule has 94 valence electrons. The zero-order valence-corrected chi connectivity index (χ0v) is 10.7. The highest BCUT2D eigenvalue weighted by Crippen LogP contribution is 2.23. The maximum atomic E-state index is 5.76. The van der Waals surface area contributed by atoms with Crippen molar-refractivity contribution in [3.8, 4) is 11.6 Å². The molecular weight excluding hydrogens is 226 g/mol. The minimum Gasteiger partial charge on any atom is -0.437 e. The smallest absolute Gasteiger partial charge is 0.219 e. The summed E-state index contributed by atoms with van der Waals surface area (Å²) in [6.07, 6.45) is 2.60. The second-order valence-corrected chi connectivity index (χ2v) is 4.05. The summed E-state index contributed by atoms with van der Waals surface area (Å²) in [7, 11) is 0. The van der Waals surface area contributed by atoms with E-state index in [1.807, 2.05) is 31.2 Å². The van der Waals surface area contributed by atoms with Crippen LogP contribution < -0.4 is 10.5 Å². The first-order valence-corrected chi connectivity index (χ1v) is 6.02. The molecule has 0 spiro atoms. The molecule has 0 aromatic carbocycles. The van der Waals surface area contributed by atoms with Gasteiger partial charge < -0.3 is 10.5 Å². The standard InChI is InChI=1S/C14H17N3O/c1-3-12-7-11(9-15)8-14(17-12)18-13-5-4-6-16-10(13)2/h4-8H,3,9,15H2,1-2H3. The van der Waals surface area contributed by atoms with Gasteiger partial charge in [0.2, 0.25) is 5.88 Å². The summed E-state index contributed by atoms with van der Waals surface area (Å²) in [5, 5.41) is 0. The highest BCUT2D eigenvalue weighted by atomic mass is 16.5. The largest absolute Gasteiger partial charge is 0.437 e. The number of nitrogens with two attached hydrogens (primary N) is 1. The van der Waals surface area contributed by atoms with E-state index in [1.165, 1.54) is 0 Å². The lowest BCUT2D eigenvalue weighted by Crippen LogP contribution is -2.01. The molecule has 2 rings (SSSR count). The Labute approximate surface area is 107 Å². The van der Waals surface area contributed by atoms with Crippen molar-refractivity contribution in [2.75, 3.05) is 0 Å². The van der Waals surface area contributed by atoms with Crippen molar-refractivity contribution in [1.29, 1.82) is 0 Å². The summed E-state index contributed by atoms with van der Waals surface area (Å²) >= 11 is 0. The summed E-state index contributed by atoms with van der Waals surface area (Å²) in [5.41, 5.74) is 8.52. The van der Waals surface area contributed by atoms with Crippen LogP contribution in [0.4, 0.5) is 0 Å².